The summed E-state index contributed by atoms with van der Waals surface area (Å²) in [4.78, 5) is 18.6. The Morgan fingerprint density at radius 1 is 1.15 bits per heavy atom. The van der Waals surface area contributed by atoms with E-state index in [1.807, 2.05) is 18.2 Å². The second-order valence-corrected chi connectivity index (χ2v) is 10.3. The minimum atomic E-state index is -0.210. The molecule has 4 aliphatic carbocycles. The van der Waals surface area contributed by atoms with Gasteiger partial charge in [0.05, 0.1) is 22.9 Å². The molecule has 27 heavy (non-hydrogen) atoms. The van der Waals surface area contributed by atoms with E-state index in [4.69, 9.17) is 4.99 Å². The highest BCUT2D eigenvalue weighted by atomic mass is 16.1. The summed E-state index contributed by atoms with van der Waals surface area (Å²) in [6.45, 7) is 4.26. The minimum Gasteiger partial charge on any atom is -0.299 e. The predicted molar refractivity (Wildman–Crippen MR) is 106 cm³/mol. The number of benzene rings is 1. The molecule has 0 radical (unpaired) electrons. The Morgan fingerprint density at radius 2 is 1.78 bits per heavy atom. The molecule has 140 valence electrons. The number of hydrogen-bond donors (Lipinski definition) is 0. The maximum absolute atomic E-state index is 13.6. The first-order valence-electron chi connectivity index (χ1n) is 10.5. The molecule has 0 atom stereocenters. The van der Waals surface area contributed by atoms with Crippen LogP contribution in [0.15, 0.2) is 23.2 Å². The highest BCUT2D eigenvalue weighted by molar-refractivity contribution is 6.13. The van der Waals surface area contributed by atoms with E-state index in [1.165, 1.54) is 24.8 Å². The van der Waals surface area contributed by atoms with E-state index >= 15 is 0 Å². The second-order valence-electron chi connectivity index (χ2n) is 10.3. The average molecular weight is 361 g/mol. The second kappa shape index (κ2) is 5.77. The molecule has 4 saturated carbocycles. The topological polar surface area (TPSA) is 53.2 Å². The maximum atomic E-state index is 13.6. The molecule has 0 unspecified atom stereocenters. The fourth-order valence-electron chi connectivity index (χ4n) is 6.95. The fraction of sp³-hybridized carbons (Fsp3) is 0.625. The minimum absolute atomic E-state index is 0.0639. The molecule has 0 amide bonds. The van der Waals surface area contributed by atoms with Crippen molar-refractivity contribution in [3.63, 3.8) is 0 Å². The number of Topliss-reactive ketones (excluding diaryl/α,β-unsaturated/α-hetero) is 1. The van der Waals surface area contributed by atoms with Crippen LogP contribution >= 0.6 is 0 Å². The van der Waals surface area contributed by atoms with Gasteiger partial charge in [0.25, 0.3) is 0 Å². The van der Waals surface area contributed by atoms with Crippen LogP contribution in [0.2, 0.25) is 0 Å². The molecule has 0 saturated heterocycles. The standard InChI is InChI=1S/C24H28N2O/c1-23(2)13-19-8-15(14-25)3-4-20(19)21(26-23)9-22(27)24-10-16-5-17(11-24)7-18(6-16)12-24/h3-4,8,16-18H,5-7,9-13H2,1-2H3. The predicted octanol–water partition coefficient (Wildman–Crippen LogP) is 4.86. The summed E-state index contributed by atoms with van der Waals surface area (Å²) in [6.07, 6.45) is 8.74. The molecule has 3 nitrogen and oxygen atoms in total. The van der Waals surface area contributed by atoms with Gasteiger partial charge in [0.1, 0.15) is 5.78 Å². The third-order valence-corrected chi connectivity index (χ3v) is 7.56. The van der Waals surface area contributed by atoms with Crippen molar-refractivity contribution < 1.29 is 4.79 Å². The Kier molecular flexibility index (Phi) is 3.67. The molecule has 0 N–H and O–H groups in total. The van der Waals surface area contributed by atoms with Gasteiger partial charge >= 0.3 is 0 Å². The van der Waals surface area contributed by atoms with E-state index in [2.05, 4.69) is 19.9 Å². The molecule has 1 aromatic carbocycles. The molecule has 4 fully saturated rings. The van der Waals surface area contributed by atoms with Crippen molar-refractivity contribution in [1.29, 1.82) is 5.26 Å². The Bertz CT molecular complexity index is 851. The van der Waals surface area contributed by atoms with Gasteiger partial charge in [-0.25, -0.2) is 0 Å². The zero-order valence-electron chi connectivity index (χ0n) is 16.4. The molecule has 3 heteroatoms. The number of rotatable bonds is 3. The average Bonchev–Trinajstić information content (AvgIpc) is 2.59. The van der Waals surface area contributed by atoms with Crippen LogP contribution in [0.3, 0.4) is 0 Å². The molecule has 0 spiro atoms. The van der Waals surface area contributed by atoms with Crippen molar-refractivity contribution in [2.45, 2.75) is 70.8 Å². The Morgan fingerprint density at radius 3 is 2.37 bits per heavy atom. The van der Waals surface area contributed by atoms with Gasteiger partial charge in [-0.05, 0) is 99.8 Å². The summed E-state index contributed by atoms with van der Waals surface area (Å²) in [5.41, 5.74) is 3.63. The third-order valence-electron chi connectivity index (χ3n) is 7.56. The van der Waals surface area contributed by atoms with E-state index in [9.17, 15) is 10.1 Å². The van der Waals surface area contributed by atoms with Crippen LogP contribution in [-0.2, 0) is 11.2 Å². The van der Waals surface area contributed by atoms with Crippen molar-refractivity contribution in [1.82, 2.24) is 0 Å². The lowest BCUT2D eigenvalue weighted by Gasteiger charge is -2.56. The summed E-state index contributed by atoms with van der Waals surface area (Å²) in [6, 6.07) is 8.10. The van der Waals surface area contributed by atoms with Gasteiger partial charge in [-0.2, -0.15) is 5.26 Å². The number of nitrogens with zero attached hydrogens (tertiary/aromatic N) is 2. The lowest BCUT2D eigenvalue weighted by molar-refractivity contribution is -0.142. The molecule has 1 aromatic rings. The van der Waals surface area contributed by atoms with Crippen LogP contribution in [0.5, 0.6) is 0 Å². The van der Waals surface area contributed by atoms with Crippen molar-refractivity contribution >= 4 is 11.5 Å². The first kappa shape index (κ1) is 17.2. The smallest absolute Gasteiger partial charge is 0.145 e. The summed E-state index contributed by atoms with van der Waals surface area (Å²) in [5.74, 6) is 2.80. The zero-order valence-corrected chi connectivity index (χ0v) is 16.4. The van der Waals surface area contributed by atoms with E-state index in [-0.39, 0.29) is 11.0 Å². The number of carbonyl (C=O) groups excluding carboxylic acids is 1. The van der Waals surface area contributed by atoms with Gasteiger partial charge < -0.3 is 0 Å². The van der Waals surface area contributed by atoms with Gasteiger partial charge in [0, 0.05) is 11.8 Å². The fourth-order valence-corrected chi connectivity index (χ4v) is 6.95. The van der Waals surface area contributed by atoms with Crippen molar-refractivity contribution in [3.8, 4) is 6.07 Å². The van der Waals surface area contributed by atoms with Crippen LogP contribution in [0, 0.1) is 34.5 Å². The monoisotopic (exact) mass is 360 g/mol. The van der Waals surface area contributed by atoms with Gasteiger partial charge in [0.15, 0.2) is 0 Å². The maximum Gasteiger partial charge on any atom is 0.145 e. The molecule has 4 bridgehead atoms. The van der Waals surface area contributed by atoms with Crippen molar-refractivity contribution in [2.24, 2.45) is 28.2 Å². The number of ketones is 1. The third kappa shape index (κ3) is 2.85. The first-order chi connectivity index (χ1) is 12.9. The van der Waals surface area contributed by atoms with Crippen molar-refractivity contribution in [3.05, 3.63) is 34.9 Å². The van der Waals surface area contributed by atoms with Crippen LogP contribution in [-0.4, -0.2) is 17.0 Å². The quantitative estimate of drug-likeness (QED) is 0.773. The van der Waals surface area contributed by atoms with Crippen LogP contribution in [0.25, 0.3) is 0 Å². The van der Waals surface area contributed by atoms with Crippen LogP contribution in [0.4, 0.5) is 0 Å². The normalized spacial score (nSPS) is 35.3. The van der Waals surface area contributed by atoms with Crippen molar-refractivity contribution in [2.75, 3.05) is 0 Å². The van der Waals surface area contributed by atoms with Gasteiger partial charge in [-0.1, -0.05) is 6.07 Å². The highest BCUT2D eigenvalue weighted by Crippen LogP contribution is 2.60. The number of aliphatic imine (C=N–C) groups is 1. The molecule has 1 aliphatic heterocycles. The molecule has 6 rings (SSSR count). The Hall–Kier alpha value is -1.95. The van der Waals surface area contributed by atoms with E-state index < -0.39 is 0 Å². The molecular formula is C24H28N2O. The number of nitriles is 1. The van der Waals surface area contributed by atoms with Gasteiger partial charge in [-0.3, -0.25) is 9.79 Å². The van der Waals surface area contributed by atoms with E-state index in [0.29, 0.717) is 17.8 Å². The molecular weight excluding hydrogens is 332 g/mol. The lowest BCUT2D eigenvalue weighted by atomic mass is 9.48. The largest absolute Gasteiger partial charge is 0.299 e. The van der Waals surface area contributed by atoms with E-state index in [0.717, 1.165) is 54.7 Å². The van der Waals surface area contributed by atoms with Crippen LogP contribution in [0.1, 0.15) is 75.5 Å². The molecule has 1 heterocycles. The van der Waals surface area contributed by atoms with Gasteiger partial charge in [-0.15, -0.1) is 0 Å². The van der Waals surface area contributed by atoms with Crippen LogP contribution < -0.4 is 0 Å². The molecule has 0 aromatic heterocycles. The Labute approximate surface area is 161 Å². The molecule has 5 aliphatic rings. The highest BCUT2D eigenvalue weighted by Gasteiger charge is 2.54. The number of hydrogen-bond acceptors (Lipinski definition) is 3. The summed E-state index contributed by atoms with van der Waals surface area (Å²) < 4.78 is 0. The zero-order chi connectivity index (χ0) is 18.8. The SMILES string of the molecule is CC1(C)Cc2cc(C#N)ccc2C(CC(=O)C23CC4CC(CC(C4)C2)C3)=N1. The van der Waals surface area contributed by atoms with Gasteiger partial charge in [0.2, 0.25) is 0 Å². The Balaban J connectivity index is 1.46. The van der Waals surface area contributed by atoms with E-state index in [1.54, 1.807) is 0 Å². The first-order valence-corrected chi connectivity index (χ1v) is 10.5. The lowest BCUT2D eigenvalue weighted by Crippen LogP contribution is -2.50. The summed E-state index contributed by atoms with van der Waals surface area (Å²) in [7, 11) is 0. The number of carbonyl (C=O) groups is 1. The summed E-state index contributed by atoms with van der Waals surface area (Å²) >= 11 is 0. The summed E-state index contributed by atoms with van der Waals surface area (Å²) in [5, 5.41) is 9.24. The number of fused-ring (bicyclic) bond motifs is 1.